The van der Waals surface area contributed by atoms with Gasteiger partial charge in [0.15, 0.2) is 0 Å². The summed E-state index contributed by atoms with van der Waals surface area (Å²) in [5.74, 6) is 0.442. The van der Waals surface area contributed by atoms with Crippen LogP contribution in [0.15, 0.2) is 0 Å². The van der Waals surface area contributed by atoms with Gasteiger partial charge in [-0.1, -0.05) is 6.92 Å². The summed E-state index contributed by atoms with van der Waals surface area (Å²) >= 11 is 0. The molecule has 82 valence electrons. The molecule has 1 aliphatic rings. The zero-order chi connectivity index (χ0) is 11.0. The minimum atomic E-state index is -0.740. The van der Waals surface area contributed by atoms with E-state index in [0.717, 1.165) is 36.6 Å². The van der Waals surface area contributed by atoms with Gasteiger partial charge in [-0.05, 0) is 13.3 Å². The molecule has 2 rings (SSSR count). The van der Waals surface area contributed by atoms with E-state index < -0.39 is 5.97 Å². The fourth-order valence-electron chi connectivity index (χ4n) is 2.46. The number of rotatable bonds is 3. The second-order valence-electron chi connectivity index (χ2n) is 4.25. The Kier molecular flexibility index (Phi) is 2.50. The summed E-state index contributed by atoms with van der Waals surface area (Å²) in [6.07, 6.45) is 2.35. The Morgan fingerprint density at radius 3 is 3.07 bits per heavy atom. The lowest BCUT2D eigenvalue weighted by atomic mass is 10.0. The van der Waals surface area contributed by atoms with Gasteiger partial charge in [-0.15, -0.1) is 0 Å². The van der Waals surface area contributed by atoms with Crippen LogP contribution in [0, 0.1) is 6.92 Å². The molecule has 2 heterocycles. The molecule has 0 spiro atoms. The van der Waals surface area contributed by atoms with E-state index in [-0.39, 0.29) is 12.3 Å². The highest BCUT2D eigenvalue weighted by Crippen LogP contribution is 2.27. The summed E-state index contributed by atoms with van der Waals surface area (Å²) in [5, 5.41) is 8.79. The van der Waals surface area contributed by atoms with Crippen LogP contribution in [-0.2, 0) is 17.8 Å². The molecule has 0 aliphatic carbocycles. The number of imidazole rings is 1. The van der Waals surface area contributed by atoms with E-state index in [1.165, 1.54) is 0 Å². The van der Waals surface area contributed by atoms with E-state index >= 15 is 0 Å². The van der Waals surface area contributed by atoms with Gasteiger partial charge in [0.2, 0.25) is 0 Å². The molecule has 1 atom stereocenters. The molecule has 1 N–H and O–H groups in total. The number of fused-ring (bicyclic) bond motifs is 1. The number of hydrogen-bond acceptors (Lipinski definition) is 2. The second-order valence-corrected chi connectivity index (χ2v) is 4.25. The van der Waals surface area contributed by atoms with Gasteiger partial charge in [0, 0.05) is 24.6 Å². The third-order valence-corrected chi connectivity index (χ3v) is 3.00. The molecule has 1 aromatic rings. The quantitative estimate of drug-likeness (QED) is 0.822. The molecule has 0 amide bonds. The van der Waals surface area contributed by atoms with Crippen LogP contribution in [0.25, 0.3) is 0 Å². The zero-order valence-electron chi connectivity index (χ0n) is 9.16. The monoisotopic (exact) mass is 208 g/mol. The van der Waals surface area contributed by atoms with Crippen LogP contribution in [0.3, 0.4) is 0 Å². The molecule has 1 unspecified atom stereocenters. The highest BCUT2D eigenvalue weighted by atomic mass is 16.4. The van der Waals surface area contributed by atoms with Gasteiger partial charge in [-0.3, -0.25) is 4.79 Å². The summed E-state index contributed by atoms with van der Waals surface area (Å²) in [7, 11) is 0. The third-order valence-electron chi connectivity index (χ3n) is 3.00. The molecule has 0 fully saturated rings. The summed E-state index contributed by atoms with van der Waals surface area (Å²) in [6.45, 7) is 4.93. The first-order chi connectivity index (χ1) is 7.09. The number of carbonyl (C=O) groups is 1. The molecule has 1 aliphatic heterocycles. The van der Waals surface area contributed by atoms with Crippen molar-refractivity contribution in [3.05, 3.63) is 17.2 Å². The van der Waals surface area contributed by atoms with Crippen LogP contribution in [0.4, 0.5) is 0 Å². The molecule has 0 bridgehead atoms. The first-order valence-corrected chi connectivity index (χ1v) is 5.37. The highest BCUT2D eigenvalue weighted by Gasteiger charge is 2.23. The molecule has 15 heavy (non-hydrogen) atoms. The van der Waals surface area contributed by atoms with Crippen LogP contribution >= 0.6 is 0 Å². The maximum Gasteiger partial charge on any atom is 0.304 e. The Bertz CT molecular complexity index is 396. The molecule has 0 saturated carbocycles. The lowest BCUT2D eigenvalue weighted by Crippen LogP contribution is -2.09. The van der Waals surface area contributed by atoms with Crippen molar-refractivity contribution in [2.75, 3.05) is 0 Å². The van der Waals surface area contributed by atoms with Crippen molar-refractivity contribution in [3.8, 4) is 0 Å². The molecule has 0 aromatic carbocycles. The van der Waals surface area contributed by atoms with Gasteiger partial charge in [0.25, 0.3) is 0 Å². The van der Waals surface area contributed by atoms with E-state index in [1.807, 2.05) is 13.8 Å². The van der Waals surface area contributed by atoms with Gasteiger partial charge in [-0.25, -0.2) is 4.98 Å². The standard InChI is InChI=1S/C11H16N2O2/c1-7(6-10(14)15)11-8(2)12-9-4-3-5-13(9)11/h7H,3-6H2,1-2H3,(H,14,15). The van der Waals surface area contributed by atoms with Gasteiger partial charge in [0.05, 0.1) is 12.1 Å². The van der Waals surface area contributed by atoms with E-state index in [2.05, 4.69) is 9.55 Å². The van der Waals surface area contributed by atoms with E-state index in [4.69, 9.17) is 5.11 Å². The second kappa shape index (κ2) is 3.68. The van der Waals surface area contributed by atoms with Gasteiger partial charge < -0.3 is 9.67 Å². The highest BCUT2D eigenvalue weighted by molar-refractivity contribution is 5.67. The molecule has 4 heteroatoms. The van der Waals surface area contributed by atoms with Crippen molar-refractivity contribution in [2.24, 2.45) is 0 Å². The number of aryl methyl sites for hydroxylation is 2. The van der Waals surface area contributed by atoms with E-state index in [0.29, 0.717) is 0 Å². The van der Waals surface area contributed by atoms with Crippen molar-refractivity contribution in [3.63, 3.8) is 0 Å². The van der Waals surface area contributed by atoms with Crippen molar-refractivity contribution < 1.29 is 9.90 Å². The molecule has 0 saturated heterocycles. The lowest BCUT2D eigenvalue weighted by Gasteiger charge is -2.12. The van der Waals surface area contributed by atoms with E-state index in [1.54, 1.807) is 0 Å². The normalized spacial score (nSPS) is 16.4. The molecular weight excluding hydrogens is 192 g/mol. The van der Waals surface area contributed by atoms with Crippen LogP contribution in [0.2, 0.25) is 0 Å². The summed E-state index contributed by atoms with van der Waals surface area (Å²) < 4.78 is 2.20. The Labute approximate surface area is 88.9 Å². The van der Waals surface area contributed by atoms with Crippen LogP contribution in [0.5, 0.6) is 0 Å². The molecule has 0 radical (unpaired) electrons. The maximum atomic E-state index is 10.7. The van der Waals surface area contributed by atoms with Crippen LogP contribution in [-0.4, -0.2) is 20.6 Å². The minimum Gasteiger partial charge on any atom is -0.481 e. The molecule has 1 aromatic heterocycles. The SMILES string of the molecule is Cc1nc2n(c1C(C)CC(=O)O)CCC2. The molecular formula is C11H16N2O2. The predicted octanol–water partition coefficient (Wildman–Crippen LogP) is 1.72. The number of aliphatic carboxylic acids is 1. The summed E-state index contributed by atoms with van der Waals surface area (Å²) in [4.78, 5) is 15.2. The maximum absolute atomic E-state index is 10.7. The average Bonchev–Trinajstić information content (AvgIpc) is 2.60. The van der Waals surface area contributed by atoms with Crippen molar-refractivity contribution in [1.82, 2.24) is 9.55 Å². The first kappa shape index (κ1) is 10.2. The summed E-state index contributed by atoms with van der Waals surface area (Å²) in [6, 6.07) is 0. The Hall–Kier alpha value is -1.32. The number of carboxylic acid groups (broad SMARTS) is 1. The summed E-state index contributed by atoms with van der Waals surface area (Å²) in [5.41, 5.74) is 2.11. The largest absolute Gasteiger partial charge is 0.481 e. The topological polar surface area (TPSA) is 55.1 Å². The predicted molar refractivity (Wildman–Crippen MR) is 56.0 cm³/mol. The number of nitrogens with zero attached hydrogens (tertiary/aromatic N) is 2. The first-order valence-electron chi connectivity index (χ1n) is 5.37. The van der Waals surface area contributed by atoms with Crippen LogP contribution < -0.4 is 0 Å². The lowest BCUT2D eigenvalue weighted by molar-refractivity contribution is -0.137. The zero-order valence-corrected chi connectivity index (χ0v) is 9.16. The Balaban J connectivity index is 2.31. The van der Waals surface area contributed by atoms with Gasteiger partial charge >= 0.3 is 5.97 Å². The fraction of sp³-hybridized carbons (Fsp3) is 0.636. The van der Waals surface area contributed by atoms with Crippen molar-refractivity contribution >= 4 is 5.97 Å². The Morgan fingerprint density at radius 2 is 2.40 bits per heavy atom. The Morgan fingerprint density at radius 1 is 1.67 bits per heavy atom. The number of hydrogen-bond donors (Lipinski definition) is 1. The number of aromatic nitrogens is 2. The smallest absolute Gasteiger partial charge is 0.304 e. The fourth-order valence-corrected chi connectivity index (χ4v) is 2.46. The number of carboxylic acids is 1. The van der Waals surface area contributed by atoms with E-state index in [9.17, 15) is 4.79 Å². The van der Waals surface area contributed by atoms with Gasteiger partial charge in [-0.2, -0.15) is 0 Å². The van der Waals surface area contributed by atoms with Gasteiger partial charge in [0.1, 0.15) is 5.82 Å². The molecule has 4 nitrogen and oxygen atoms in total. The third kappa shape index (κ3) is 1.76. The minimum absolute atomic E-state index is 0.0573. The van der Waals surface area contributed by atoms with Crippen LogP contribution in [0.1, 0.15) is 42.9 Å². The van der Waals surface area contributed by atoms with Crippen molar-refractivity contribution in [2.45, 2.75) is 45.6 Å². The average molecular weight is 208 g/mol. The van der Waals surface area contributed by atoms with Crippen molar-refractivity contribution in [1.29, 1.82) is 0 Å².